The minimum absolute atomic E-state index is 0.0371. The number of amides is 1. The molecule has 1 aliphatic heterocycles. The maximum Gasteiger partial charge on any atom is 0.289 e. The smallest absolute Gasteiger partial charge is 0.289 e. The van der Waals surface area contributed by atoms with Gasteiger partial charge in [0.05, 0.1) is 5.69 Å². The third-order valence-corrected chi connectivity index (χ3v) is 4.83. The number of carbonyl (C=O) groups is 1. The van der Waals surface area contributed by atoms with E-state index in [1.54, 1.807) is 6.07 Å². The standard InChI is InChI=1S/C23H22N2O2/c1-17-6-5-9-20(24-17)16-18-12-14-25(15-13-18)23(26)22-11-10-21(27-22)19-7-3-2-4-8-19/h2-11,16H,12-15H2,1H3. The van der Waals surface area contributed by atoms with Crippen LogP contribution in [0, 0.1) is 6.92 Å². The molecule has 0 unspecified atom stereocenters. The van der Waals surface area contributed by atoms with Gasteiger partial charge in [-0.25, -0.2) is 0 Å². The molecule has 4 heteroatoms. The molecule has 4 nitrogen and oxygen atoms in total. The molecule has 0 N–H and O–H groups in total. The second-order valence-corrected chi connectivity index (χ2v) is 6.83. The first-order valence-electron chi connectivity index (χ1n) is 9.27. The Morgan fingerprint density at radius 2 is 1.78 bits per heavy atom. The molecule has 0 atom stereocenters. The molecule has 3 aromatic rings. The van der Waals surface area contributed by atoms with Crippen LogP contribution in [-0.2, 0) is 0 Å². The van der Waals surface area contributed by atoms with E-state index in [0.29, 0.717) is 18.8 Å². The molecule has 4 rings (SSSR count). The second kappa shape index (κ2) is 7.62. The van der Waals surface area contributed by atoms with Gasteiger partial charge in [0.2, 0.25) is 0 Å². The van der Waals surface area contributed by atoms with Crippen LogP contribution in [0.1, 0.15) is 34.8 Å². The summed E-state index contributed by atoms with van der Waals surface area (Å²) in [6, 6.07) is 19.5. The first-order chi connectivity index (χ1) is 13.2. The van der Waals surface area contributed by atoms with E-state index in [1.165, 1.54) is 5.57 Å². The molecule has 1 fully saturated rings. The summed E-state index contributed by atoms with van der Waals surface area (Å²) in [6.07, 6.45) is 3.89. The van der Waals surface area contributed by atoms with Crippen molar-refractivity contribution in [2.24, 2.45) is 0 Å². The summed E-state index contributed by atoms with van der Waals surface area (Å²) in [5.74, 6) is 1.09. The van der Waals surface area contributed by atoms with E-state index >= 15 is 0 Å². The Balaban J connectivity index is 1.41. The molecule has 1 amide bonds. The Kier molecular flexibility index (Phi) is 4.88. The number of rotatable bonds is 3. The van der Waals surface area contributed by atoms with Crippen molar-refractivity contribution in [2.75, 3.05) is 13.1 Å². The third-order valence-electron chi connectivity index (χ3n) is 4.83. The number of piperidine rings is 1. The van der Waals surface area contributed by atoms with E-state index < -0.39 is 0 Å². The molecule has 1 aliphatic rings. The van der Waals surface area contributed by atoms with Gasteiger partial charge in [0, 0.05) is 24.3 Å². The molecule has 0 saturated carbocycles. The Labute approximate surface area is 159 Å². The summed E-state index contributed by atoms with van der Waals surface area (Å²) in [5, 5.41) is 0. The first kappa shape index (κ1) is 17.3. The van der Waals surface area contributed by atoms with E-state index in [2.05, 4.69) is 11.1 Å². The predicted octanol–water partition coefficient (Wildman–Crippen LogP) is 4.97. The minimum Gasteiger partial charge on any atom is -0.451 e. The van der Waals surface area contributed by atoms with Crippen LogP contribution in [-0.4, -0.2) is 28.9 Å². The number of hydrogen-bond donors (Lipinski definition) is 0. The lowest BCUT2D eigenvalue weighted by Gasteiger charge is -2.27. The van der Waals surface area contributed by atoms with Crippen molar-refractivity contribution in [3.63, 3.8) is 0 Å². The average Bonchev–Trinajstić information content (AvgIpc) is 3.19. The highest BCUT2D eigenvalue weighted by Gasteiger charge is 2.23. The highest BCUT2D eigenvalue weighted by molar-refractivity contribution is 5.92. The van der Waals surface area contributed by atoms with E-state index in [9.17, 15) is 4.79 Å². The summed E-state index contributed by atoms with van der Waals surface area (Å²) >= 11 is 0. The quantitative estimate of drug-likeness (QED) is 0.664. The van der Waals surface area contributed by atoms with Gasteiger partial charge in [0.25, 0.3) is 5.91 Å². The van der Waals surface area contributed by atoms with Crippen molar-refractivity contribution in [1.82, 2.24) is 9.88 Å². The zero-order chi connectivity index (χ0) is 18.6. The van der Waals surface area contributed by atoms with Crippen LogP contribution in [0.5, 0.6) is 0 Å². The highest BCUT2D eigenvalue weighted by Crippen LogP contribution is 2.25. The number of nitrogens with zero attached hydrogens (tertiary/aromatic N) is 2. The van der Waals surface area contributed by atoms with Crippen molar-refractivity contribution in [2.45, 2.75) is 19.8 Å². The first-order valence-corrected chi connectivity index (χ1v) is 9.27. The zero-order valence-electron chi connectivity index (χ0n) is 15.4. The second-order valence-electron chi connectivity index (χ2n) is 6.83. The molecule has 1 aromatic carbocycles. The average molecular weight is 358 g/mol. The SMILES string of the molecule is Cc1cccc(C=C2CCN(C(=O)c3ccc(-c4ccccc4)o3)CC2)n1. The van der Waals surface area contributed by atoms with Gasteiger partial charge in [-0.3, -0.25) is 9.78 Å². The molecule has 27 heavy (non-hydrogen) atoms. The number of hydrogen-bond acceptors (Lipinski definition) is 3. The lowest BCUT2D eigenvalue weighted by Crippen LogP contribution is -2.36. The van der Waals surface area contributed by atoms with Crippen LogP contribution < -0.4 is 0 Å². The minimum atomic E-state index is -0.0371. The van der Waals surface area contributed by atoms with Crippen LogP contribution in [0.2, 0.25) is 0 Å². The van der Waals surface area contributed by atoms with E-state index in [-0.39, 0.29) is 5.91 Å². The molecule has 2 aromatic heterocycles. The van der Waals surface area contributed by atoms with E-state index in [0.717, 1.165) is 35.6 Å². The van der Waals surface area contributed by atoms with Crippen LogP contribution in [0.15, 0.2) is 70.7 Å². The summed E-state index contributed by atoms with van der Waals surface area (Å²) < 4.78 is 5.80. The molecule has 0 bridgehead atoms. The molecule has 3 heterocycles. The lowest BCUT2D eigenvalue weighted by molar-refractivity contribution is 0.0713. The fourth-order valence-corrected chi connectivity index (χ4v) is 3.36. The van der Waals surface area contributed by atoms with Crippen molar-refractivity contribution >= 4 is 12.0 Å². The van der Waals surface area contributed by atoms with Gasteiger partial charge in [-0.1, -0.05) is 42.0 Å². The summed E-state index contributed by atoms with van der Waals surface area (Å²) in [7, 11) is 0. The summed E-state index contributed by atoms with van der Waals surface area (Å²) in [5.41, 5.74) is 4.32. The van der Waals surface area contributed by atoms with Crippen LogP contribution in [0.25, 0.3) is 17.4 Å². The largest absolute Gasteiger partial charge is 0.451 e. The molecule has 1 saturated heterocycles. The number of aromatic nitrogens is 1. The highest BCUT2D eigenvalue weighted by atomic mass is 16.4. The zero-order valence-corrected chi connectivity index (χ0v) is 15.4. The van der Waals surface area contributed by atoms with E-state index in [4.69, 9.17) is 4.42 Å². The van der Waals surface area contributed by atoms with Crippen LogP contribution >= 0.6 is 0 Å². The molecule has 0 aliphatic carbocycles. The van der Waals surface area contributed by atoms with Crippen LogP contribution in [0.4, 0.5) is 0 Å². The number of furan rings is 1. The number of aryl methyl sites for hydroxylation is 1. The topological polar surface area (TPSA) is 46.3 Å². The van der Waals surface area contributed by atoms with Gasteiger partial charge >= 0.3 is 0 Å². The van der Waals surface area contributed by atoms with Gasteiger partial charge in [-0.05, 0) is 50.1 Å². The lowest BCUT2D eigenvalue weighted by atomic mass is 10.0. The monoisotopic (exact) mass is 358 g/mol. The number of benzene rings is 1. The van der Waals surface area contributed by atoms with Crippen molar-refractivity contribution in [3.05, 3.63) is 83.4 Å². The van der Waals surface area contributed by atoms with Gasteiger partial charge in [-0.15, -0.1) is 0 Å². The molecule has 0 spiro atoms. The Hall–Kier alpha value is -3.14. The molecule has 0 radical (unpaired) electrons. The maximum atomic E-state index is 12.8. The third kappa shape index (κ3) is 4.00. The fourth-order valence-electron chi connectivity index (χ4n) is 3.36. The van der Waals surface area contributed by atoms with Crippen molar-refractivity contribution < 1.29 is 9.21 Å². The van der Waals surface area contributed by atoms with Crippen LogP contribution in [0.3, 0.4) is 0 Å². The Morgan fingerprint density at radius 3 is 2.52 bits per heavy atom. The number of pyridine rings is 1. The summed E-state index contributed by atoms with van der Waals surface area (Å²) in [4.78, 5) is 19.2. The van der Waals surface area contributed by atoms with Crippen molar-refractivity contribution in [1.29, 1.82) is 0 Å². The van der Waals surface area contributed by atoms with Gasteiger partial charge < -0.3 is 9.32 Å². The molecule has 136 valence electrons. The maximum absolute atomic E-state index is 12.8. The van der Waals surface area contributed by atoms with E-state index in [1.807, 2.05) is 66.4 Å². The normalized spacial score (nSPS) is 14.3. The molecular formula is C23H22N2O2. The fraction of sp³-hybridized carbons (Fsp3) is 0.217. The predicted molar refractivity (Wildman–Crippen MR) is 106 cm³/mol. The molecular weight excluding hydrogens is 336 g/mol. The number of likely N-dealkylation sites (tertiary alicyclic amines) is 1. The van der Waals surface area contributed by atoms with Crippen molar-refractivity contribution in [3.8, 4) is 11.3 Å². The van der Waals surface area contributed by atoms with Gasteiger partial charge in [0.1, 0.15) is 5.76 Å². The van der Waals surface area contributed by atoms with Gasteiger partial charge in [-0.2, -0.15) is 0 Å². The Morgan fingerprint density at radius 1 is 1.00 bits per heavy atom. The summed E-state index contributed by atoms with van der Waals surface area (Å²) in [6.45, 7) is 3.41. The number of carbonyl (C=O) groups excluding carboxylic acids is 1. The van der Waals surface area contributed by atoms with Gasteiger partial charge in [0.15, 0.2) is 5.76 Å². The Bertz CT molecular complexity index is 963.